The van der Waals surface area contributed by atoms with E-state index in [1.807, 2.05) is 6.92 Å². The summed E-state index contributed by atoms with van der Waals surface area (Å²) in [5.41, 5.74) is 6.70. The summed E-state index contributed by atoms with van der Waals surface area (Å²) in [7, 11) is -1.99. The van der Waals surface area contributed by atoms with Crippen molar-refractivity contribution in [2.45, 2.75) is 36.7 Å². The fourth-order valence-electron chi connectivity index (χ4n) is 2.66. The number of sulfonamides is 1. The maximum Gasteiger partial charge on any atom is 0.243 e. The van der Waals surface area contributed by atoms with Gasteiger partial charge in [-0.05, 0) is 31.9 Å². The minimum atomic E-state index is -3.48. The summed E-state index contributed by atoms with van der Waals surface area (Å²) in [6.45, 7) is 2.83. The van der Waals surface area contributed by atoms with Crippen molar-refractivity contribution in [1.29, 1.82) is 0 Å². The molecule has 0 aliphatic carbocycles. The number of piperidine rings is 1. The number of carbonyl (C=O) groups excluding carboxylic acids is 1. The van der Waals surface area contributed by atoms with Crippen LogP contribution in [0.25, 0.3) is 0 Å². The Bertz CT molecular complexity index is 652. The molecule has 0 spiro atoms. The molecule has 3 N–H and O–H groups in total. The number of benzene rings is 1. The number of methoxy groups -OCH3 is 1. The maximum absolute atomic E-state index is 12.6. The lowest BCUT2D eigenvalue weighted by Crippen LogP contribution is -2.51. The van der Waals surface area contributed by atoms with Crippen LogP contribution in [0.3, 0.4) is 0 Å². The molecule has 0 saturated carbocycles. The van der Waals surface area contributed by atoms with Gasteiger partial charge in [-0.2, -0.15) is 4.31 Å². The van der Waals surface area contributed by atoms with Crippen LogP contribution in [0, 0.1) is 6.92 Å². The van der Waals surface area contributed by atoms with Gasteiger partial charge in [0.15, 0.2) is 0 Å². The zero-order chi connectivity index (χ0) is 17.7. The second-order valence-electron chi connectivity index (χ2n) is 6.06. The Morgan fingerprint density at radius 2 is 1.92 bits per heavy atom. The van der Waals surface area contributed by atoms with Crippen molar-refractivity contribution >= 4 is 15.9 Å². The summed E-state index contributed by atoms with van der Waals surface area (Å²) < 4.78 is 31.6. The van der Waals surface area contributed by atoms with Crippen LogP contribution in [-0.4, -0.2) is 57.5 Å². The number of hydrogen-bond donors (Lipinski definition) is 2. The Hall–Kier alpha value is -1.48. The number of aryl methyl sites for hydroxylation is 1. The average molecular weight is 355 g/mol. The van der Waals surface area contributed by atoms with Gasteiger partial charge in [0.1, 0.15) is 6.04 Å². The highest BCUT2D eigenvalue weighted by atomic mass is 32.2. The average Bonchev–Trinajstić information content (AvgIpc) is 2.56. The van der Waals surface area contributed by atoms with E-state index in [9.17, 15) is 13.2 Å². The minimum Gasteiger partial charge on any atom is -0.383 e. The van der Waals surface area contributed by atoms with E-state index in [0.29, 0.717) is 30.8 Å². The number of rotatable bonds is 6. The van der Waals surface area contributed by atoms with Gasteiger partial charge < -0.3 is 15.8 Å². The molecule has 134 valence electrons. The molecule has 0 radical (unpaired) electrons. The molecule has 1 fully saturated rings. The van der Waals surface area contributed by atoms with E-state index in [1.165, 1.54) is 11.4 Å². The lowest BCUT2D eigenvalue weighted by atomic mass is 10.1. The van der Waals surface area contributed by atoms with Crippen LogP contribution in [-0.2, 0) is 19.6 Å². The number of amides is 1. The third kappa shape index (κ3) is 4.54. The summed E-state index contributed by atoms with van der Waals surface area (Å²) >= 11 is 0. The third-order valence-corrected chi connectivity index (χ3v) is 6.05. The molecule has 1 aromatic carbocycles. The van der Waals surface area contributed by atoms with Gasteiger partial charge in [0, 0.05) is 26.2 Å². The molecule has 1 heterocycles. The van der Waals surface area contributed by atoms with Gasteiger partial charge in [-0.15, -0.1) is 0 Å². The number of nitrogens with one attached hydrogen (secondary N) is 1. The number of nitrogens with zero attached hydrogens (tertiary/aromatic N) is 1. The molecular formula is C16H25N3O4S. The molecule has 1 aliphatic heterocycles. The predicted octanol–water partition coefficient (Wildman–Crippen LogP) is 0.238. The first-order valence-electron chi connectivity index (χ1n) is 7.96. The van der Waals surface area contributed by atoms with Crippen LogP contribution >= 0.6 is 0 Å². The zero-order valence-electron chi connectivity index (χ0n) is 14.1. The number of hydrogen-bond acceptors (Lipinski definition) is 5. The highest BCUT2D eigenvalue weighted by molar-refractivity contribution is 7.89. The molecule has 1 aromatic rings. The quantitative estimate of drug-likeness (QED) is 0.761. The standard InChI is InChI=1S/C16H25N3O4S/c1-12-3-5-14(6-4-12)24(21,22)19-9-7-13(8-10-19)18-16(20)15(17)11-23-2/h3-6,13,15H,7-11,17H2,1-2H3,(H,18,20). The topological polar surface area (TPSA) is 102 Å². The van der Waals surface area contributed by atoms with E-state index in [2.05, 4.69) is 5.32 Å². The molecule has 1 unspecified atom stereocenters. The summed E-state index contributed by atoms with van der Waals surface area (Å²) in [5, 5.41) is 2.86. The van der Waals surface area contributed by atoms with E-state index < -0.39 is 16.1 Å². The first kappa shape index (κ1) is 18.9. The summed E-state index contributed by atoms with van der Waals surface area (Å²) in [6.07, 6.45) is 1.13. The fraction of sp³-hybridized carbons (Fsp3) is 0.562. The highest BCUT2D eigenvalue weighted by Crippen LogP contribution is 2.21. The first-order valence-corrected chi connectivity index (χ1v) is 9.40. The Kier molecular flexibility index (Phi) is 6.34. The first-order chi connectivity index (χ1) is 11.3. The van der Waals surface area contributed by atoms with Crippen LogP contribution in [0.5, 0.6) is 0 Å². The second-order valence-corrected chi connectivity index (χ2v) is 8.00. The lowest BCUT2D eigenvalue weighted by molar-refractivity contribution is -0.124. The van der Waals surface area contributed by atoms with Crippen LogP contribution in [0.15, 0.2) is 29.2 Å². The van der Waals surface area contributed by atoms with Crippen LogP contribution in [0.1, 0.15) is 18.4 Å². The van der Waals surface area contributed by atoms with E-state index in [-0.39, 0.29) is 18.6 Å². The Morgan fingerprint density at radius 3 is 2.46 bits per heavy atom. The van der Waals surface area contributed by atoms with Crippen molar-refractivity contribution in [2.24, 2.45) is 5.73 Å². The summed E-state index contributed by atoms with van der Waals surface area (Å²) in [4.78, 5) is 12.2. The Morgan fingerprint density at radius 1 is 1.33 bits per heavy atom. The molecule has 24 heavy (non-hydrogen) atoms. The molecule has 1 atom stereocenters. The molecule has 1 amide bonds. The minimum absolute atomic E-state index is 0.0649. The van der Waals surface area contributed by atoms with Gasteiger partial charge in [0.2, 0.25) is 15.9 Å². The summed E-state index contributed by atoms with van der Waals surface area (Å²) in [5.74, 6) is -0.267. The lowest BCUT2D eigenvalue weighted by Gasteiger charge is -2.32. The van der Waals surface area contributed by atoms with E-state index >= 15 is 0 Å². The predicted molar refractivity (Wildman–Crippen MR) is 91.0 cm³/mol. The van der Waals surface area contributed by atoms with Gasteiger partial charge >= 0.3 is 0 Å². The molecule has 0 aromatic heterocycles. The Balaban J connectivity index is 1.92. The molecule has 1 saturated heterocycles. The number of nitrogens with two attached hydrogens (primary N) is 1. The van der Waals surface area contributed by atoms with Gasteiger partial charge in [-0.25, -0.2) is 8.42 Å². The molecule has 7 nitrogen and oxygen atoms in total. The van der Waals surface area contributed by atoms with E-state index in [1.54, 1.807) is 24.3 Å². The van der Waals surface area contributed by atoms with Gasteiger partial charge in [0.25, 0.3) is 0 Å². The van der Waals surface area contributed by atoms with Crippen molar-refractivity contribution < 1.29 is 17.9 Å². The van der Waals surface area contributed by atoms with Gasteiger partial charge in [-0.3, -0.25) is 4.79 Å². The van der Waals surface area contributed by atoms with Crippen molar-refractivity contribution in [3.8, 4) is 0 Å². The maximum atomic E-state index is 12.6. The van der Waals surface area contributed by atoms with Crippen LogP contribution in [0.2, 0.25) is 0 Å². The number of ether oxygens (including phenoxy) is 1. The largest absolute Gasteiger partial charge is 0.383 e. The molecule has 8 heteroatoms. The van der Waals surface area contributed by atoms with Crippen molar-refractivity contribution in [1.82, 2.24) is 9.62 Å². The molecule has 1 aliphatic rings. The van der Waals surface area contributed by atoms with Gasteiger partial charge in [0.05, 0.1) is 11.5 Å². The van der Waals surface area contributed by atoms with Crippen molar-refractivity contribution in [3.05, 3.63) is 29.8 Å². The van der Waals surface area contributed by atoms with Crippen molar-refractivity contribution in [2.75, 3.05) is 26.8 Å². The zero-order valence-corrected chi connectivity index (χ0v) is 14.9. The summed E-state index contributed by atoms with van der Waals surface area (Å²) in [6, 6.07) is 6.06. The van der Waals surface area contributed by atoms with E-state index in [0.717, 1.165) is 5.56 Å². The third-order valence-electron chi connectivity index (χ3n) is 4.14. The molecular weight excluding hydrogens is 330 g/mol. The highest BCUT2D eigenvalue weighted by Gasteiger charge is 2.30. The normalized spacial score (nSPS) is 18.3. The monoisotopic (exact) mass is 355 g/mol. The fourth-order valence-corrected chi connectivity index (χ4v) is 4.13. The van der Waals surface area contributed by atoms with Crippen molar-refractivity contribution in [3.63, 3.8) is 0 Å². The smallest absolute Gasteiger partial charge is 0.243 e. The second kappa shape index (κ2) is 8.06. The SMILES string of the molecule is COCC(N)C(=O)NC1CCN(S(=O)(=O)c2ccc(C)cc2)CC1. The Labute approximate surface area is 143 Å². The molecule has 0 bridgehead atoms. The van der Waals surface area contributed by atoms with Crippen LogP contribution < -0.4 is 11.1 Å². The number of carbonyl (C=O) groups is 1. The van der Waals surface area contributed by atoms with Crippen LogP contribution in [0.4, 0.5) is 0 Å². The van der Waals surface area contributed by atoms with E-state index in [4.69, 9.17) is 10.5 Å². The molecule has 2 rings (SSSR count). The van der Waals surface area contributed by atoms with Gasteiger partial charge in [-0.1, -0.05) is 17.7 Å².